The summed E-state index contributed by atoms with van der Waals surface area (Å²) in [5.41, 5.74) is 1.51. The van der Waals surface area contributed by atoms with Crippen LogP contribution in [0, 0.1) is 17.7 Å². The molecule has 1 aliphatic carbocycles. The van der Waals surface area contributed by atoms with Crippen LogP contribution in [-0.4, -0.2) is 9.97 Å². The first-order valence-corrected chi connectivity index (χ1v) is 9.75. The Morgan fingerprint density at radius 3 is 2.32 bits per heavy atom. The van der Waals surface area contributed by atoms with E-state index in [4.69, 9.17) is 11.6 Å². The van der Waals surface area contributed by atoms with E-state index in [1.54, 1.807) is 17.9 Å². The second kappa shape index (κ2) is 9.03. The highest BCUT2D eigenvalue weighted by molar-refractivity contribution is 6.25. The van der Waals surface area contributed by atoms with Crippen LogP contribution in [0.2, 0.25) is 0 Å². The Morgan fingerprint density at radius 2 is 1.75 bits per heavy atom. The van der Waals surface area contributed by atoms with Gasteiger partial charge in [-0.1, -0.05) is 23.7 Å². The molecule has 1 heterocycles. The first-order valence-electron chi connectivity index (χ1n) is 9.31. The molecule has 0 atom stereocenters. The monoisotopic (exact) mass is 412 g/mol. The van der Waals surface area contributed by atoms with Crippen molar-refractivity contribution >= 4 is 11.6 Å². The lowest BCUT2D eigenvalue weighted by Gasteiger charge is -2.26. The molecule has 0 N–H and O–H groups in total. The fourth-order valence-electron chi connectivity index (χ4n) is 3.66. The Bertz CT molecular complexity index is 810. The number of hydrogen-bond acceptors (Lipinski definition) is 2. The summed E-state index contributed by atoms with van der Waals surface area (Å²) >= 11 is 5.64. The minimum absolute atomic E-state index is 0.213. The number of nitrogens with zero attached hydrogens (tertiary/aromatic N) is 2. The molecular formula is C21H21ClF4N2. The van der Waals surface area contributed by atoms with Gasteiger partial charge in [0.05, 0.1) is 5.56 Å². The van der Waals surface area contributed by atoms with Crippen LogP contribution < -0.4 is 0 Å². The molecule has 3 rings (SSSR count). The van der Waals surface area contributed by atoms with E-state index in [1.165, 1.54) is 18.9 Å². The summed E-state index contributed by atoms with van der Waals surface area (Å²) in [5.74, 6) is 0.145. The first-order chi connectivity index (χ1) is 13.4. The Kier molecular flexibility index (Phi) is 6.70. The van der Waals surface area contributed by atoms with E-state index in [2.05, 4.69) is 16.0 Å². The number of allylic oxidation sites excluding steroid dienone is 1. The minimum Gasteiger partial charge on any atom is -0.236 e. The summed E-state index contributed by atoms with van der Waals surface area (Å²) in [4.78, 5) is 8.40. The molecule has 1 aromatic carbocycles. The highest BCUT2D eigenvalue weighted by Gasteiger charge is 2.34. The van der Waals surface area contributed by atoms with Gasteiger partial charge < -0.3 is 0 Å². The minimum atomic E-state index is -4.72. The van der Waals surface area contributed by atoms with Crippen molar-refractivity contribution in [3.05, 3.63) is 59.1 Å². The lowest BCUT2D eigenvalue weighted by atomic mass is 9.80. The second-order valence-corrected chi connectivity index (χ2v) is 7.50. The van der Waals surface area contributed by atoms with Crippen LogP contribution in [0.5, 0.6) is 0 Å². The number of alkyl halides is 3. The van der Waals surface area contributed by atoms with Gasteiger partial charge in [-0.15, -0.1) is 0 Å². The molecule has 1 saturated carbocycles. The van der Waals surface area contributed by atoms with Gasteiger partial charge in [-0.2, -0.15) is 13.2 Å². The topological polar surface area (TPSA) is 25.8 Å². The summed E-state index contributed by atoms with van der Waals surface area (Å²) in [7, 11) is 0. The molecule has 7 heteroatoms. The zero-order valence-electron chi connectivity index (χ0n) is 15.2. The first kappa shape index (κ1) is 20.8. The maximum Gasteiger partial charge on any atom is 0.419 e. The third kappa shape index (κ3) is 5.31. The van der Waals surface area contributed by atoms with Crippen LogP contribution in [0.1, 0.15) is 43.2 Å². The smallest absolute Gasteiger partial charge is 0.236 e. The third-order valence-electron chi connectivity index (χ3n) is 5.32. The zero-order chi connectivity index (χ0) is 20.1. The van der Waals surface area contributed by atoms with E-state index in [9.17, 15) is 17.6 Å². The third-order valence-corrected chi connectivity index (χ3v) is 5.46. The van der Waals surface area contributed by atoms with Gasteiger partial charge in [0.1, 0.15) is 5.82 Å². The summed E-state index contributed by atoms with van der Waals surface area (Å²) in [5, 5.41) is 0. The average Bonchev–Trinajstić information content (AvgIpc) is 2.67. The lowest BCUT2D eigenvalue weighted by molar-refractivity contribution is -0.139. The van der Waals surface area contributed by atoms with E-state index in [-0.39, 0.29) is 11.4 Å². The van der Waals surface area contributed by atoms with E-state index >= 15 is 0 Å². The molecule has 0 spiro atoms. The molecule has 0 saturated heterocycles. The SMILES string of the molecule is Fc1cc(-c2ncc(CCC3CCC(C=CCl)CC3)cn2)ccc1C(F)(F)F. The normalized spacial score (nSPS) is 20.6. The fourth-order valence-corrected chi connectivity index (χ4v) is 3.87. The molecule has 2 aromatic rings. The molecular weight excluding hydrogens is 392 g/mol. The lowest BCUT2D eigenvalue weighted by Crippen LogP contribution is -2.13. The largest absolute Gasteiger partial charge is 0.419 e. The number of rotatable bonds is 5. The summed E-state index contributed by atoms with van der Waals surface area (Å²) in [6.45, 7) is 0. The van der Waals surface area contributed by atoms with Gasteiger partial charge in [0.15, 0.2) is 5.82 Å². The summed E-state index contributed by atoms with van der Waals surface area (Å²) in [6.07, 6.45) is 7.24. The van der Waals surface area contributed by atoms with Crippen LogP contribution in [0.15, 0.2) is 42.2 Å². The molecule has 1 aromatic heterocycles. The maximum atomic E-state index is 13.7. The number of hydrogen-bond donors (Lipinski definition) is 0. The van der Waals surface area contributed by atoms with Crippen molar-refractivity contribution in [3.63, 3.8) is 0 Å². The van der Waals surface area contributed by atoms with Crippen molar-refractivity contribution < 1.29 is 17.6 Å². The number of halogens is 5. The van der Waals surface area contributed by atoms with Gasteiger partial charge >= 0.3 is 6.18 Å². The van der Waals surface area contributed by atoms with Crippen LogP contribution in [-0.2, 0) is 12.6 Å². The number of benzene rings is 1. The number of aryl methyl sites for hydroxylation is 1. The maximum absolute atomic E-state index is 13.7. The molecule has 0 bridgehead atoms. The van der Waals surface area contributed by atoms with Crippen LogP contribution in [0.4, 0.5) is 17.6 Å². The fraction of sp³-hybridized carbons (Fsp3) is 0.429. The molecule has 0 amide bonds. The van der Waals surface area contributed by atoms with E-state index in [1.807, 2.05) is 0 Å². The standard InChI is InChI=1S/C21H21ClF4N2/c22-10-9-15-3-1-14(2-4-15)5-6-16-12-27-20(28-13-16)17-7-8-18(19(23)11-17)21(24,25)26/h7-15H,1-6H2. The molecule has 0 aliphatic heterocycles. The molecule has 1 aliphatic rings. The van der Waals surface area contributed by atoms with Crippen molar-refractivity contribution in [2.24, 2.45) is 11.8 Å². The molecule has 1 fully saturated rings. The molecule has 0 radical (unpaired) electrons. The van der Waals surface area contributed by atoms with E-state index in [0.29, 0.717) is 11.8 Å². The molecule has 2 nitrogen and oxygen atoms in total. The highest BCUT2D eigenvalue weighted by Crippen LogP contribution is 2.34. The van der Waals surface area contributed by atoms with Gasteiger partial charge in [0, 0.05) is 23.5 Å². The van der Waals surface area contributed by atoms with Crippen molar-refractivity contribution in [2.75, 3.05) is 0 Å². The molecule has 28 heavy (non-hydrogen) atoms. The average molecular weight is 413 g/mol. The summed E-state index contributed by atoms with van der Waals surface area (Å²) < 4.78 is 51.7. The Hall–Kier alpha value is -1.95. The van der Waals surface area contributed by atoms with Gasteiger partial charge in [-0.3, -0.25) is 0 Å². The quantitative estimate of drug-likeness (QED) is 0.505. The van der Waals surface area contributed by atoms with Gasteiger partial charge in [-0.25, -0.2) is 14.4 Å². The predicted octanol–water partition coefficient (Wildman–Crippen LogP) is 6.79. The molecule has 150 valence electrons. The summed E-state index contributed by atoms with van der Waals surface area (Å²) in [6, 6.07) is 2.73. The van der Waals surface area contributed by atoms with Crippen molar-refractivity contribution in [1.29, 1.82) is 0 Å². The Morgan fingerprint density at radius 1 is 1.07 bits per heavy atom. The molecule has 0 unspecified atom stereocenters. The van der Waals surface area contributed by atoms with Gasteiger partial charge in [0.25, 0.3) is 0 Å². The van der Waals surface area contributed by atoms with Crippen LogP contribution >= 0.6 is 11.6 Å². The Balaban J connectivity index is 1.58. The van der Waals surface area contributed by atoms with Crippen molar-refractivity contribution in [2.45, 2.75) is 44.7 Å². The zero-order valence-corrected chi connectivity index (χ0v) is 16.0. The van der Waals surface area contributed by atoms with Crippen LogP contribution in [0.25, 0.3) is 11.4 Å². The van der Waals surface area contributed by atoms with Gasteiger partial charge in [0.2, 0.25) is 0 Å². The van der Waals surface area contributed by atoms with Crippen molar-refractivity contribution in [3.8, 4) is 11.4 Å². The van der Waals surface area contributed by atoms with Gasteiger partial charge in [-0.05, 0) is 68.1 Å². The van der Waals surface area contributed by atoms with E-state index in [0.717, 1.165) is 43.4 Å². The second-order valence-electron chi connectivity index (χ2n) is 7.25. The highest BCUT2D eigenvalue weighted by atomic mass is 35.5. The Labute approximate surface area is 166 Å². The number of aromatic nitrogens is 2. The van der Waals surface area contributed by atoms with E-state index < -0.39 is 17.6 Å². The van der Waals surface area contributed by atoms with Crippen molar-refractivity contribution in [1.82, 2.24) is 9.97 Å². The van der Waals surface area contributed by atoms with Crippen LogP contribution in [0.3, 0.4) is 0 Å². The predicted molar refractivity (Wildman–Crippen MR) is 101 cm³/mol.